The van der Waals surface area contributed by atoms with Crippen LogP contribution in [0.2, 0.25) is 0 Å². The van der Waals surface area contributed by atoms with Gasteiger partial charge >= 0.3 is 11.9 Å². The standard InChI is InChI=1S/C34H24O5.C20H12O5.C7H7Br.C7H7F/c35-33-27-13-7-8-14-28(27)34(39-33)29-17-15-25(36-21-23-9-3-1-4-10-23)19-31(29)38-32-20-26(16-18-30(32)34)37-22-24-11-5-2-6-12-24;21-11-5-7-15-17(9-11)24-18-10-12(22)6-8-16(18)20(15)14-4-2-1-3-13(14)19(23)25-20;2*8-6-7-4-2-1-3-5-7/h1-20H,21-22H2;1-10,21-22H;2*1-5H,6H2. The van der Waals surface area contributed by atoms with Crippen molar-refractivity contribution < 1.29 is 52.6 Å². The molecule has 4 heterocycles. The van der Waals surface area contributed by atoms with Gasteiger partial charge in [-0.15, -0.1) is 0 Å². The van der Waals surface area contributed by atoms with Gasteiger partial charge in [-0.25, -0.2) is 14.0 Å². The number of aromatic hydroxyl groups is 2. The van der Waals surface area contributed by atoms with E-state index in [0.29, 0.717) is 75.5 Å². The number of esters is 2. The Labute approximate surface area is 469 Å². The minimum Gasteiger partial charge on any atom is -0.508 e. The van der Waals surface area contributed by atoms with Gasteiger partial charge in [0.05, 0.1) is 11.1 Å². The molecule has 0 radical (unpaired) electrons. The molecule has 0 aliphatic carbocycles. The van der Waals surface area contributed by atoms with E-state index in [1.807, 2.05) is 164 Å². The molecule has 10 nitrogen and oxygen atoms in total. The van der Waals surface area contributed by atoms with Crippen molar-refractivity contribution in [2.24, 2.45) is 0 Å². The Kier molecular flexibility index (Phi) is 15.2. The van der Waals surface area contributed by atoms with Crippen LogP contribution in [0.3, 0.4) is 0 Å². The lowest BCUT2D eigenvalue weighted by atomic mass is 9.77. The van der Waals surface area contributed by atoms with E-state index in [1.54, 1.807) is 42.5 Å². The van der Waals surface area contributed by atoms with Crippen molar-refractivity contribution in [3.63, 3.8) is 0 Å². The Morgan fingerprint density at radius 2 is 0.725 bits per heavy atom. The molecular formula is C68H50BrFO10. The number of carbonyl (C=O) groups excluding carboxylic acids is 2. The normalized spacial score (nSPS) is 13.6. The number of alkyl halides is 2. The van der Waals surface area contributed by atoms with Gasteiger partial charge in [0.2, 0.25) is 0 Å². The Morgan fingerprint density at radius 3 is 1.09 bits per heavy atom. The predicted octanol–water partition coefficient (Wildman–Crippen LogP) is 15.8. The Hall–Kier alpha value is -9.65. The molecular weight excluding hydrogens is 1080 g/mol. The number of hydrogen-bond acceptors (Lipinski definition) is 10. The van der Waals surface area contributed by atoms with Crippen LogP contribution in [0.25, 0.3) is 0 Å². The minimum absolute atomic E-state index is 0.0371. The lowest BCUT2D eigenvalue weighted by molar-refractivity contribution is 0.0214. The van der Waals surface area contributed by atoms with Crippen LogP contribution in [-0.2, 0) is 45.9 Å². The van der Waals surface area contributed by atoms with Gasteiger partial charge in [-0.1, -0.05) is 174 Å². The molecule has 0 saturated carbocycles. The van der Waals surface area contributed by atoms with E-state index < -0.39 is 17.2 Å². The van der Waals surface area contributed by atoms with E-state index in [0.717, 1.165) is 38.7 Å². The maximum atomic E-state index is 13.1. The zero-order chi connectivity index (χ0) is 55.1. The smallest absolute Gasteiger partial charge is 0.340 e. The number of phenolic OH excluding ortho intramolecular Hbond substituents is 2. The summed E-state index contributed by atoms with van der Waals surface area (Å²) in [5.74, 6) is 2.50. The molecule has 0 atom stereocenters. The summed E-state index contributed by atoms with van der Waals surface area (Å²) in [5, 5.41) is 20.6. The second kappa shape index (κ2) is 23.1. The number of halogens is 2. The van der Waals surface area contributed by atoms with Crippen LogP contribution in [0.4, 0.5) is 4.39 Å². The first kappa shape index (κ1) is 52.4. The topological polar surface area (TPSA) is 130 Å². The lowest BCUT2D eigenvalue weighted by Crippen LogP contribution is -2.33. The number of rotatable bonds is 8. The van der Waals surface area contributed by atoms with Crippen LogP contribution in [0, 0.1) is 0 Å². The van der Waals surface area contributed by atoms with Crippen molar-refractivity contribution >= 4 is 27.9 Å². The first-order chi connectivity index (χ1) is 39.2. The molecule has 2 spiro atoms. The number of hydrogen-bond donors (Lipinski definition) is 2. The minimum atomic E-state index is -1.17. The number of fused-ring (bicyclic) bond motifs is 12. The molecule has 0 bridgehead atoms. The summed E-state index contributed by atoms with van der Waals surface area (Å²) >= 11 is 3.36. The van der Waals surface area contributed by atoms with Crippen LogP contribution in [0.1, 0.15) is 76.4 Å². The molecule has 14 rings (SSSR count). The molecule has 0 unspecified atom stereocenters. The van der Waals surface area contributed by atoms with Crippen molar-refractivity contribution in [1.29, 1.82) is 0 Å². The van der Waals surface area contributed by atoms with Crippen LogP contribution >= 0.6 is 15.9 Å². The van der Waals surface area contributed by atoms with Crippen molar-refractivity contribution in [2.75, 3.05) is 0 Å². The van der Waals surface area contributed by atoms with Gasteiger partial charge in [-0.3, -0.25) is 0 Å². The van der Waals surface area contributed by atoms with Crippen molar-refractivity contribution in [2.45, 2.75) is 36.4 Å². The molecule has 0 amide bonds. The van der Waals surface area contributed by atoms with Gasteiger partial charge < -0.3 is 38.6 Å². The van der Waals surface area contributed by atoms with Gasteiger partial charge in [0, 0.05) is 63.0 Å². The van der Waals surface area contributed by atoms with E-state index in [2.05, 4.69) is 28.1 Å². The maximum absolute atomic E-state index is 13.1. The predicted molar refractivity (Wildman–Crippen MR) is 305 cm³/mol. The largest absolute Gasteiger partial charge is 0.508 e. The van der Waals surface area contributed by atoms with Crippen LogP contribution in [0.15, 0.2) is 243 Å². The average Bonchev–Trinajstić information content (AvgIpc) is 4.08. The van der Waals surface area contributed by atoms with E-state index in [4.69, 9.17) is 28.4 Å². The fourth-order valence-corrected chi connectivity index (χ4v) is 10.5. The lowest BCUT2D eigenvalue weighted by Gasteiger charge is -2.36. The molecule has 0 fully saturated rings. The number of ether oxygens (including phenoxy) is 6. The third-order valence-corrected chi connectivity index (χ3v) is 14.5. The maximum Gasteiger partial charge on any atom is 0.340 e. The first-order valence-electron chi connectivity index (χ1n) is 25.7. The van der Waals surface area contributed by atoms with Crippen molar-refractivity contribution in [3.05, 3.63) is 309 Å². The summed E-state index contributed by atoms with van der Waals surface area (Å²) in [4.78, 5) is 25.6. The van der Waals surface area contributed by atoms with Crippen molar-refractivity contribution in [3.8, 4) is 46.0 Å². The Balaban J connectivity index is 0.000000139. The number of carbonyl (C=O) groups is 2. The summed E-state index contributed by atoms with van der Waals surface area (Å²) in [6, 6.07) is 74.8. The highest BCUT2D eigenvalue weighted by molar-refractivity contribution is 9.08. The molecule has 396 valence electrons. The van der Waals surface area contributed by atoms with Gasteiger partial charge in [-0.2, -0.15) is 0 Å². The average molecular weight is 1130 g/mol. The third-order valence-electron chi connectivity index (χ3n) is 13.8. The first-order valence-corrected chi connectivity index (χ1v) is 26.8. The molecule has 0 aromatic heterocycles. The molecule has 4 aliphatic heterocycles. The molecule has 10 aromatic rings. The Bertz CT molecular complexity index is 3660. The fraction of sp³-hybridized carbons (Fsp3) is 0.0882. The summed E-state index contributed by atoms with van der Waals surface area (Å²) in [5.41, 5.74) is 7.19. The zero-order valence-electron chi connectivity index (χ0n) is 42.8. The fourth-order valence-electron chi connectivity index (χ4n) is 10.1. The van der Waals surface area contributed by atoms with Crippen LogP contribution in [-0.4, -0.2) is 22.2 Å². The van der Waals surface area contributed by atoms with E-state index in [-0.39, 0.29) is 24.1 Å². The highest BCUT2D eigenvalue weighted by Crippen LogP contribution is 2.58. The second-order valence-electron chi connectivity index (χ2n) is 18.9. The zero-order valence-corrected chi connectivity index (χ0v) is 44.4. The SMILES string of the molecule is BrCc1ccccc1.FCc1ccccc1.O=C1OC2(c3ccc(O)cc3Oc3cc(O)ccc32)c2ccccc21.O=C1OC2(c3ccc(OCc4ccccc4)cc3Oc3cc(OCc4ccccc4)ccc32)c2ccccc21. The second-order valence-corrected chi connectivity index (χ2v) is 19.5. The summed E-state index contributed by atoms with van der Waals surface area (Å²) in [6.07, 6.45) is 0. The van der Waals surface area contributed by atoms with Gasteiger partial charge in [-0.05, 0) is 82.9 Å². The van der Waals surface area contributed by atoms with Crippen LogP contribution in [0.5, 0.6) is 46.0 Å². The van der Waals surface area contributed by atoms with Crippen molar-refractivity contribution in [1.82, 2.24) is 0 Å². The van der Waals surface area contributed by atoms with E-state index >= 15 is 0 Å². The summed E-state index contributed by atoms with van der Waals surface area (Å²) in [7, 11) is 0. The monoisotopic (exact) mass is 1120 g/mol. The Morgan fingerprint density at radius 1 is 0.388 bits per heavy atom. The van der Waals surface area contributed by atoms with E-state index in [1.165, 1.54) is 29.8 Å². The summed E-state index contributed by atoms with van der Waals surface area (Å²) < 4.78 is 48.4. The van der Waals surface area contributed by atoms with Gasteiger partial charge in [0.25, 0.3) is 0 Å². The highest BCUT2D eigenvalue weighted by atomic mass is 79.9. The molecule has 4 aliphatic rings. The van der Waals surface area contributed by atoms with E-state index in [9.17, 15) is 24.2 Å². The molecule has 10 aromatic carbocycles. The summed E-state index contributed by atoms with van der Waals surface area (Å²) in [6.45, 7) is 0.494. The number of benzene rings is 10. The molecule has 0 saturated heterocycles. The van der Waals surface area contributed by atoms with Gasteiger partial charge in [0.1, 0.15) is 65.9 Å². The molecule has 80 heavy (non-hydrogen) atoms. The van der Waals surface area contributed by atoms with Crippen LogP contribution < -0.4 is 18.9 Å². The number of phenols is 2. The molecule has 2 N–H and O–H groups in total. The third kappa shape index (κ3) is 10.4. The molecule has 12 heteroatoms. The highest BCUT2D eigenvalue weighted by Gasteiger charge is 2.55. The van der Waals surface area contributed by atoms with Gasteiger partial charge in [0.15, 0.2) is 11.2 Å². The quantitative estimate of drug-likeness (QED) is 0.112.